The van der Waals surface area contributed by atoms with E-state index >= 15 is 0 Å². The fraction of sp³-hybridized carbons (Fsp3) is 0.286. The number of carbonyl (C=O) groups is 1. The molecule has 0 aliphatic heterocycles. The van der Waals surface area contributed by atoms with Crippen molar-refractivity contribution in [3.8, 4) is 17.7 Å². The van der Waals surface area contributed by atoms with Gasteiger partial charge in [0.2, 0.25) is 5.69 Å². The zero-order chi connectivity index (χ0) is 9.68. The van der Waals surface area contributed by atoms with Crippen molar-refractivity contribution in [3.05, 3.63) is 5.69 Å². The van der Waals surface area contributed by atoms with Crippen LogP contribution in [0.5, 0.6) is 5.88 Å². The van der Waals surface area contributed by atoms with Gasteiger partial charge in [0.1, 0.15) is 0 Å². The third-order valence-electron chi connectivity index (χ3n) is 1.15. The molecule has 1 heterocycles. The lowest BCUT2D eigenvalue weighted by Crippen LogP contribution is -2.13. The smallest absolute Gasteiger partial charge is 0.274 e. The largest absolute Gasteiger partial charge is 0.462 e. The molecule has 2 N–H and O–H groups in total. The van der Waals surface area contributed by atoms with Crippen molar-refractivity contribution in [1.29, 1.82) is 0 Å². The van der Waals surface area contributed by atoms with Gasteiger partial charge >= 0.3 is 0 Å². The summed E-state index contributed by atoms with van der Waals surface area (Å²) in [6.07, 6.45) is 0. The Morgan fingerprint density at radius 3 is 3.08 bits per heavy atom. The first-order valence-electron chi connectivity index (χ1n) is 3.40. The molecular weight excluding hydrogens is 190 g/mol. The topological polar surface area (TPSA) is 78.1 Å². The van der Waals surface area contributed by atoms with Crippen LogP contribution >= 0.6 is 11.7 Å². The van der Waals surface area contributed by atoms with E-state index in [0.29, 0.717) is 0 Å². The fourth-order valence-corrected chi connectivity index (χ4v) is 1.11. The summed E-state index contributed by atoms with van der Waals surface area (Å²) in [5, 5.41) is 0. The Labute approximate surface area is 79.2 Å². The Kier molecular flexibility index (Phi) is 3.23. The highest BCUT2D eigenvalue weighted by molar-refractivity contribution is 6.99. The van der Waals surface area contributed by atoms with E-state index in [2.05, 4.69) is 20.6 Å². The van der Waals surface area contributed by atoms with Crippen LogP contribution in [0.4, 0.5) is 0 Å². The maximum absolute atomic E-state index is 10.7. The van der Waals surface area contributed by atoms with Gasteiger partial charge in [-0.2, -0.15) is 4.37 Å². The average molecular weight is 197 g/mol. The molecule has 6 heteroatoms. The van der Waals surface area contributed by atoms with E-state index < -0.39 is 5.91 Å². The first-order chi connectivity index (χ1) is 6.25. The average Bonchev–Trinajstić information content (AvgIpc) is 2.53. The molecule has 13 heavy (non-hydrogen) atoms. The summed E-state index contributed by atoms with van der Waals surface area (Å²) in [5.74, 6) is 4.82. The number of nitrogens with zero attached hydrogens (tertiary/aromatic N) is 2. The van der Waals surface area contributed by atoms with Gasteiger partial charge in [0.05, 0.1) is 11.7 Å². The van der Waals surface area contributed by atoms with E-state index in [1.54, 1.807) is 6.92 Å². The number of ether oxygens (including phenoxy) is 1. The molecule has 0 radical (unpaired) electrons. The summed E-state index contributed by atoms with van der Waals surface area (Å²) in [6, 6.07) is 0. The molecule has 0 bridgehead atoms. The number of nitrogens with two attached hydrogens (primary N) is 1. The summed E-state index contributed by atoms with van der Waals surface area (Å²) in [6.45, 7) is 1.87. The van der Waals surface area contributed by atoms with Crippen LogP contribution in [0.3, 0.4) is 0 Å². The zero-order valence-corrected chi connectivity index (χ0v) is 7.72. The second-order valence-corrected chi connectivity index (χ2v) is 2.53. The van der Waals surface area contributed by atoms with Gasteiger partial charge < -0.3 is 10.5 Å². The molecule has 5 nitrogen and oxygen atoms in total. The van der Waals surface area contributed by atoms with E-state index in [9.17, 15) is 4.79 Å². The monoisotopic (exact) mass is 197 g/mol. The van der Waals surface area contributed by atoms with Crippen LogP contribution in [0.1, 0.15) is 17.4 Å². The van der Waals surface area contributed by atoms with Crippen molar-refractivity contribution in [2.45, 2.75) is 6.92 Å². The van der Waals surface area contributed by atoms with Crippen LogP contribution in [-0.4, -0.2) is 21.3 Å². The zero-order valence-electron chi connectivity index (χ0n) is 6.90. The maximum atomic E-state index is 10.7. The standard InChI is InChI=1S/C7H7N3O2S/c1-2-3-4-12-7-5(6(8)11)9-13-10-7/h4H2,1H3,(H2,8,11). The lowest BCUT2D eigenvalue weighted by molar-refractivity contribution is 0.0992. The van der Waals surface area contributed by atoms with E-state index in [0.717, 1.165) is 11.7 Å². The van der Waals surface area contributed by atoms with E-state index in [-0.39, 0.29) is 18.2 Å². The van der Waals surface area contributed by atoms with Crippen LogP contribution in [0.15, 0.2) is 0 Å². The molecule has 0 spiro atoms. The summed E-state index contributed by atoms with van der Waals surface area (Å²) in [4.78, 5) is 10.7. The van der Waals surface area contributed by atoms with Gasteiger partial charge in [0.15, 0.2) is 6.61 Å². The SMILES string of the molecule is CC#CCOc1nsnc1C(N)=O. The molecule has 1 rings (SSSR count). The summed E-state index contributed by atoms with van der Waals surface area (Å²) < 4.78 is 12.5. The van der Waals surface area contributed by atoms with E-state index in [1.807, 2.05) is 0 Å². The molecule has 0 saturated carbocycles. The summed E-state index contributed by atoms with van der Waals surface area (Å²) >= 11 is 0.879. The predicted octanol–water partition coefficient (Wildman–Crippen LogP) is 0.0391. The van der Waals surface area contributed by atoms with Gasteiger partial charge in [-0.15, -0.1) is 10.3 Å². The fourth-order valence-electron chi connectivity index (χ4n) is 0.602. The summed E-state index contributed by atoms with van der Waals surface area (Å²) in [7, 11) is 0. The summed E-state index contributed by atoms with van der Waals surface area (Å²) in [5.41, 5.74) is 5.07. The first-order valence-corrected chi connectivity index (χ1v) is 4.13. The lowest BCUT2D eigenvalue weighted by atomic mass is 10.4. The highest BCUT2D eigenvalue weighted by Gasteiger charge is 2.13. The van der Waals surface area contributed by atoms with Gasteiger partial charge in [-0.25, -0.2) is 0 Å². The van der Waals surface area contributed by atoms with Gasteiger partial charge in [-0.1, -0.05) is 5.92 Å². The molecule has 0 aromatic carbocycles. The van der Waals surface area contributed by atoms with Crippen LogP contribution < -0.4 is 10.5 Å². The van der Waals surface area contributed by atoms with Crippen molar-refractivity contribution >= 4 is 17.6 Å². The quantitative estimate of drug-likeness (QED) is 0.694. The van der Waals surface area contributed by atoms with Crippen LogP contribution in [0.25, 0.3) is 0 Å². The Bertz CT molecular complexity index is 363. The van der Waals surface area contributed by atoms with Gasteiger partial charge in [0, 0.05) is 0 Å². The molecule has 0 aliphatic rings. The lowest BCUT2D eigenvalue weighted by Gasteiger charge is -1.96. The van der Waals surface area contributed by atoms with Crippen molar-refractivity contribution in [1.82, 2.24) is 8.75 Å². The van der Waals surface area contributed by atoms with Crippen molar-refractivity contribution in [2.24, 2.45) is 5.73 Å². The second-order valence-electron chi connectivity index (χ2n) is 2.00. The highest BCUT2D eigenvalue weighted by atomic mass is 32.1. The molecule has 68 valence electrons. The minimum atomic E-state index is -0.645. The molecule has 0 aliphatic carbocycles. The highest BCUT2D eigenvalue weighted by Crippen LogP contribution is 2.13. The number of primary amides is 1. The molecular formula is C7H7N3O2S. The molecule has 1 aromatic heterocycles. The third-order valence-corrected chi connectivity index (χ3v) is 1.66. The molecule has 0 unspecified atom stereocenters. The van der Waals surface area contributed by atoms with Crippen molar-refractivity contribution in [3.63, 3.8) is 0 Å². The van der Waals surface area contributed by atoms with E-state index in [1.165, 1.54) is 0 Å². The molecule has 0 atom stereocenters. The van der Waals surface area contributed by atoms with Crippen LogP contribution in [0, 0.1) is 11.8 Å². The number of carbonyl (C=O) groups excluding carboxylic acids is 1. The molecule has 0 fully saturated rings. The number of amides is 1. The predicted molar refractivity (Wildman–Crippen MR) is 47.4 cm³/mol. The Hall–Kier alpha value is -1.61. The Morgan fingerprint density at radius 2 is 2.46 bits per heavy atom. The Morgan fingerprint density at radius 1 is 1.69 bits per heavy atom. The van der Waals surface area contributed by atoms with Crippen molar-refractivity contribution < 1.29 is 9.53 Å². The Balaban J connectivity index is 2.69. The molecule has 1 amide bonds. The van der Waals surface area contributed by atoms with Crippen LogP contribution in [-0.2, 0) is 0 Å². The van der Waals surface area contributed by atoms with Crippen LogP contribution in [0.2, 0.25) is 0 Å². The maximum Gasteiger partial charge on any atom is 0.274 e. The minimum absolute atomic E-state index is 0.0582. The number of hydrogen-bond donors (Lipinski definition) is 1. The molecule has 0 saturated heterocycles. The minimum Gasteiger partial charge on any atom is -0.462 e. The van der Waals surface area contributed by atoms with Gasteiger partial charge in [0.25, 0.3) is 11.8 Å². The third kappa shape index (κ3) is 2.42. The molecule has 1 aromatic rings. The number of aromatic nitrogens is 2. The second kappa shape index (κ2) is 4.42. The first kappa shape index (κ1) is 9.48. The normalized spacial score (nSPS) is 8.69. The van der Waals surface area contributed by atoms with Gasteiger partial charge in [-0.3, -0.25) is 4.79 Å². The van der Waals surface area contributed by atoms with Gasteiger partial charge in [-0.05, 0) is 6.92 Å². The number of rotatable bonds is 3. The number of hydrogen-bond acceptors (Lipinski definition) is 5. The van der Waals surface area contributed by atoms with E-state index in [4.69, 9.17) is 10.5 Å². The van der Waals surface area contributed by atoms with Crippen molar-refractivity contribution in [2.75, 3.05) is 6.61 Å².